The van der Waals surface area contributed by atoms with E-state index in [1.54, 1.807) is 23.0 Å². The van der Waals surface area contributed by atoms with Gasteiger partial charge < -0.3 is 19.5 Å². The number of anilines is 2. The third kappa shape index (κ3) is 6.31. The van der Waals surface area contributed by atoms with Gasteiger partial charge in [0, 0.05) is 36.6 Å². The molecule has 3 aromatic carbocycles. The number of carbonyl (C=O) groups excluding carboxylic acids is 2. The Morgan fingerprint density at radius 3 is 2.51 bits per heavy atom. The number of amides is 1. The van der Waals surface area contributed by atoms with Gasteiger partial charge in [-0.15, -0.1) is 0 Å². The van der Waals surface area contributed by atoms with Crippen molar-refractivity contribution in [2.75, 3.05) is 30.4 Å². The number of carbonyl (C=O) groups is 2. The third-order valence-electron chi connectivity index (χ3n) is 8.36. The Kier molecular flexibility index (Phi) is 8.14. The van der Waals surface area contributed by atoms with Gasteiger partial charge in [0.25, 0.3) is 5.91 Å². The molecule has 9 nitrogen and oxygen atoms in total. The topological polar surface area (TPSA) is 94.3 Å². The van der Waals surface area contributed by atoms with E-state index in [4.69, 9.17) is 4.74 Å². The fourth-order valence-corrected chi connectivity index (χ4v) is 5.97. The molecule has 5 aromatic rings. The van der Waals surface area contributed by atoms with Crippen LogP contribution in [0.25, 0.3) is 22.3 Å². The highest BCUT2D eigenvalue weighted by Gasteiger charge is 2.26. The lowest BCUT2D eigenvalue weighted by molar-refractivity contribution is 0.0600. The Hall–Kier alpha value is -4.99. The molecule has 0 radical (unpaired) electrons. The number of nitrogens with zero attached hydrogens (tertiary/aromatic N) is 5. The highest BCUT2D eigenvalue weighted by molar-refractivity contribution is 6.08. The highest BCUT2D eigenvalue weighted by atomic mass is 19.1. The number of esters is 1. The van der Waals surface area contributed by atoms with Crippen molar-refractivity contribution < 1.29 is 18.7 Å². The van der Waals surface area contributed by atoms with E-state index in [2.05, 4.69) is 24.9 Å². The molecular weight excluding hydrogens is 571 g/mol. The van der Waals surface area contributed by atoms with Crippen molar-refractivity contribution in [1.82, 2.24) is 19.3 Å². The molecule has 1 unspecified atom stereocenters. The molecule has 6 rings (SSSR count). The van der Waals surface area contributed by atoms with Gasteiger partial charge >= 0.3 is 5.97 Å². The summed E-state index contributed by atoms with van der Waals surface area (Å²) in [7, 11) is 1.39. The van der Waals surface area contributed by atoms with E-state index in [1.807, 2.05) is 69.6 Å². The standard InChI is InChI=1S/C35H37FN6O3/c1-35(2,3)42-32(24-5-9-26(36)10-6-24)29(20-38-42)33(43)39-27-11-14-30-31(19-27)41(22-37-30)18-16-23-15-17-40(21-23)28-12-7-25(8-13-28)34(44)45-4/h5-14,19-20,22-23H,15-18,21H2,1-4H3,(H,39,43). The number of ether oxygens (including phenoxy) is 1. The molecule has 1 atom stereocenters. The van der Waals surface area contributed by atoms with Crippen molar-refractivity contribution in [3.8, 4) is 11.3 Å². The fraction of sp³-hybridized carbons (Fsp3) is 0.314. The number of rotatable bonds is 8. The zero-order valence-electron chi connectivity index (χ0n) is 26.0. The minimum Gasteiger partial charge on any atom is -0.465 e. The lowest BCUT2D eigenvalue weighted by Gasteiger charge is -2.23. The maximum atomic E-state index is 13.7. The number of aromatic nitrogens is 4. The second-order valence-corrected chi connectivity index (χ2v) is 12.5. The number of halogens is 1. The summed E-state index contributed by atoms with van der Waals surface area (Å²) in [5.74, 6) is -0.438. The average molecular weight is 609 g/mol. The van der Waals surface area contributed by atoms with Gasteiger partial charge in [-0.1, -0.05) is 0 Å². The molecule has 1 amide bonds. The Labute approximate surface area is 261 Å². The smallest absolute Gasteiger partial charge is 0.337 e. The molecular formula is C35H37FN6O3. The average Bonchev–Trinajstić information content (AvgIpc) is 3.78. The number of hydrogen-bond acceptors (Lipinski definition) is 6. The number of nitrogens with one attached hydrogen (secondary N) is 1. The summed E-state index contributed by atoms with van der Waals surface area (Å²) in [6.45, 7) is 8.75. The van der Waals surface area contributed by atoms with Crippen molar-refractivity contribution in [3.63, 3.8) is 0 Å². The Bertz CT molecular complexity index is 1840. The summed E-state index contributed by atoms with van der Waals surface area (Å²) in [6.07, 6.45) is 5.51. The summed E-state index contributed by atoms with van der Waals surface area (Å²) in [4.78, 5) is 32.3. The third-order valence-corrected chi connectivity index (χ3v) is 8.36. The largest absolute Gasteiger partial charge is 0.465 e. The molecule has 232 valence electrons. The van der Waals surface area contributed by atoms with Crippen molar-refractivity contribution >= 4 is 34.3 Å². The van der Waals surface area contributed by atoms with E-state index in [9.17, 15) is 14.0 Å². The first-order valence-electron chi connectivity index (χ1n) is 15.1. The first-order chi connectivity index (χ1) is 21.6. The summed E-state index contributed by atoms with van der Waals surface area (Å²) in [5.41, 5.74) is 5.49. The lowest BCUT2D eigenvalue weighted by atomic mass is 10.0. The van der Waals surface area contributed by atoms with Crippen LogP contribution in [0.4, 0.5) is 15.8 Å². The maximum absolute atomic E-state index is 13.7. The first-order valence-corrected chi connectivity index (χ1v) is 15.1. The molecule has 1 fully saturated rings. The van der Waals surface area contributed by atoms with Gasteiger partial charge in [-0.3, -0.25) is 9.48 Å². The molecule has 1 aliphatic heterocycles. The number of methoxy groups -OCH3 is 1. The van der Waals surface area contributed by atoms with Crippen LogP contribution in [0.3, 0.4) is 0 Å². The van der Waals surface area contributed by atoms with Crippen LogP contribution >= 0.6 is 0 Å². The van der Waals surface area contributed by atoms with Gasteiger partial charge in [0.05, 0.1) is 53.0 Å². The number of hydrogen-bond donors (Lipinski definition) is 1. The van der Waals surface area contributed by atoms with Gasteiger partial charge in [0.2, 0.25) is 0 Å². The SMILES string of the molecule is COC(=O)c1ccc(N2CCC(CCn3cnc4ccc(NC(=O)c5cnn(C(C)(C)C)c5-c5ccc(F)cc5)cc43)C2)cc1. The van der Waals surface area contributed by atoms with Crippen LogP contribution in [0.15, 0.2) is 79.3 Å². The van der Waals surface area contributed by atoms with Crippen LogP contribution in [0, 0.1) is 11.7 Å². The number of benzene rings is 3. The first kappa shape index (κ1) is 30.1. The van der Waals surface area contributed by atoms with Gasteiger partial charge in [0.15, 0.2) is 0 Å². The van der Waals surface area contributed by atoms with Crippen LogP contribution in [-0.2, 0) is 16.8 Å². The lowest BCUT2D eigenvalue weighted by Crippen LogP contribution is -2.24. The molecule has 3 heterocycles. The summed E-state index contributed by atoms with van der Waals surface area (Å²) in [6, 6.07) is 19.4. The van der Waals surface area contributed by atoms with Gasteiger partial charge in [0.1, 0.15) is 5.82 Å². The van der Waals surface area contributed by atoms with Crippen molar-refractivity contribution in [3.05, 3.63) is 96.2 Å². The van der Waals surface area contributed by atoms with Gasteiger partial charge in [-0.2, -0.15) is 5.10 Å². The summed E-state index contributed by atoms with van der Waals surface area (Å²) in [5, 5.41) is 7.58. The summed E-state index contributed by atoms with van der Waals surface area (Å²) < 4.78 is 22.4. The molecule has 0 aliphatic carbocycles. The molecule has 1 aliphatic rings. The molecule has 1 N–H and O–H groups in total. The highest BCUT2D eigenvalue weighted by Crippen LogP contribution is 2.31. The maximum Gasteiger partial charge on any atom is 0.337 e. The Balaban J connectivity index is 1.14. The predicted molar refractivity (Wildman–Crippen MR) is 173 cm³/mol. The Morgan fingerprint density at radius 1 is 1.04 bits per heavy atom. The quantitative estimate of drug-likeness (QED) is 0.196. The van der Waals surface area contributed by atoms with Gasteiger partial charge in [-0.05, 0) is 106 Å². The monoisotopic (exact) mass is 608 g/mol. The van der Waals surface area contributed by atoms with Crippen LogP contribution in [-0.4, -0.2) is 51.4 Å². The minimum atomic E-state index is -0.390. The predicted octanol–water partition coefficient (Wildman–Crippen LogP) is 6.75. The summed E-state index contributed by atoms with van der Waals surface area (Å²) >= 11 is 0. The van der Waals surface area contributed by atoms with Crippen molar-refractivity contribution in [1.29, 1.82) is 0 Å². The van der Waals surface area contributed by atoms with E-state index in [0.29, 0.717) is 34.0 Å². The molecule has 1 saturated heterocycles. The van der Waals surface area contributed by atoms with Crippen LogP contribution in [0.5, 0.6) is 0 Å². The van der Waals surface area contributed by atoms with E-state index in [0.717, 1.165) is 49.2 Å². The molecule has 10 heteroatoms. The second kappa shape index (κ2) is 12.2. The number of imidazole rings is 1. The fourth-order valence-electron chi connectivity index (χ4n) is 5.97. The van der Waals surface area contributed by atoms with E-state index < -0.39 is 0 Å². The minimum absolute atomic E-state index is 0.291. The van der Waals surface area contributed by atoms with E-state index in [1.165, 1.54) is 19.2 Å². The number of fused-ring (bicyclic) bond motifs is 1. The molecule has 0 spiro atoms. The van der Waals surface area contributed by atoms with Crippen LogP contribution in [0.2, 0.25) is 0 Å². The molecule has 2 aromatic heterocycles. The zero-order chi connectivity index (χ0) is 31.7. The van der Waals surface area contributed by atoms with E-state index >= 15 is 0 Å². The van der Waals surface area contributed by atoms with E-state index in [-0.39, 0.29) is 23.2 Å². The Morgan fingerprint density at radius 2 is 1.80 bits per heavy atom. The van der Waals surface area contributed by atoms with Gasteiger partial charge in [-0.25, -0.2) is 14.2 Å². The van der Waals surface area contributed by atoms with Crippen molar-refractivity contribution in [2.24, 2.45) is 5.92 Å². The van der Waals surface area contributed by atoms with Crippen LogP contribution in [0.1, 0.15) is 54.3 Å². The van der Waals surface area contributed by atoms with Crippen LogP contribution < -0.4 is 10.2 Å². The molecule has 45 heavy (non-hydrogen) atoms. The van der Waals surface area contributed by atoms with Crippen molar-refractivity contribution in [2.45, 2.75) is 45.7 Å². The molecule has 0 bridgehead atoms. The normalized spacial score (nSPS) is 15.0. The second-order valence-electron chi connectivity index (χ2n) is 12.5. The number of aryl methyl sites for hydroxylation is 1. The zero-order valence-corrected chi connectivity index (χ0v) is 26.0. The molecule has 0 saturated carbocycles.